The van der Waals surface area contributed by atoms with Gasteiger partial charge in [0, 0.05) is 0 Å². The van der Waals surface area contributed by atoms with Crippen molar-refractivity contribution in [1.82, 2.24) is 4.37 Å². The summed E-state index contributed by atoms with van der Waals surface area (Å²) >= 11 is 4.35. The van der Waals surface area contributed by atoms with Crippen LogP contribution in [0.1, 0.15) is 5.56 Å². The van der Waals surface area contributed by atoms with Crippen LogP contribution >= 0.6 is 27.5 Å². The normalized spacial score (nSPS) is 9.75. The molecule has 0 saturated carbocycles. The van der Waals surface area contributed by atoms with Crippen molar-refractivity contribution in [2.75, 3.05) is 5.32 Å². The largest absolute Gasteiger partial charge is 0.506 e. The van der Waals surface area contributed by atoms with Gasteiger partial charge in [-0.25, -0.2) is 0 Å². The van der Waals surface area contributed by atoms with Crippen LogP contribution in [0.5, 0.6) is 5.75 Å². The second-order valence-electron chi connectivity index (χ2n) is 2.93. The molecule has 2 aromatic rings. The maximum absolute atomic E-state index is 9.57. The number of nitrogens with one attached hydrogen (secondary N) is 1. The van der Waals surface area contributed by atoms with E-state index in [0.717, 1.165) is 11.5 Å². The highest BCUT2D eigenvalue weighted by Gasteiger charge is 2.12. The molecule has 0 spiro atoms. The number of anilines is 2. The number of phenolic OH excluding ortho intramolecular Hbond substituents is 1. The van der Waals surface area contributed by atoms with E-state index in [2.05, 4.69) is 25.6 Å². The van der Waals surface area contributed by atoms with Gasteiger partial charge in [0.05, 0.1) is 5.69 Å². The van der Waals surface area contributed by atoms with Gasteiger partial charge < -0.3 is 10.4 Å². The fourth-order valence-corrected chi connectivity index (χ4v) is 2.44. The zero-order valence-electron chi connectivity index (χ0n) is 7.94. The van der Waals surface area contributed by atoms with Gasteiger partial charge in [-0.2, -0.15) is 9.64 Å². The minimum atomic E-state index is 0.135. The summed E-state index contributed by atoms with van der Waals surface area (Å²) in [5.74, 6) is 0.135. The number of para-hydroxylation sites is 2. The molecule has 0 saturated heterocycles. The van der Waals surface area contributed by atoms with Crippen molar-refractivity contribution in [2.24, 2.45) is 0 Å². The summed E-state index contributed by atoms with van der Waals surface area (Å²) in [6, 6.07) is 8.87. The molecule has 1 aromatic carbocycles. The van der Waals surface area contributed by atoms with Crippen molar-refractivity contribution in [3.8, 4) is 11.8 Å². The zero-order valence-corrected chi connectivity index (χ0v) is 10.3. The molecule has 6 heteroatoms. The third kappa shape index (κ3) is 2.01. The van der Waals surface area contributed by atoms with Crippen molar-refractivity contribution in [3.05, 3.63) is 34.4 Å². The SMILES string of the molecule is N#Cc1c(Br)nsc1Nc1ccccc1O. The summed E-state index contributed by atoms with van der Waals surface area (Å²) in [6.45, 7) is 0. The van der Waals surface area contributed by atoms with Gasteiger partial charge >= 0.3 is 0 Å². The summed E-state index contributed by atoms with van der Waals surface area (Å²) in [5.41, 5.74) is 0.989. The number of aromatic hydroxyl groups is 1. The second-order valence-corrected chi connectivity index (χ2v) is 4.46. The lowest BCUT2D eigenvalue weighted by molar-refractivity contribution is 0.478. The van der Waals surface area contributed by atoms with Crippen LogP contribution < -0.4 is 5.32 Å². The predicted molar refractivity (Wildman–Crippen MR) is 65.9 cm³/mol. The van der Waals surface area contributed by atoms with Crippen molar-refractivity contribution in [3.63, 3.8) is 0 Å². The van der Waals surface area contributed by atoms with E-state index in [1.807, 2.05) is 6.07 Å². The molecule has 0 amide bonds. The average molecular weight is 296 g/mol. The molecular weight excluding hydrogens is 290 g/mol. The molecule has 1 heterocycles. The molecule has 0 aliphatic carbocycles. The third-order valence-electron chi connectivity index (χ3n) is 1.91. The van der Waals surface area contributed by atoms with Crippen molar-refractivity contribution in [1.29, 1.82) is 5.26 Å². The van der Waals surface area contributed by atoms with Gasteiger partial charge in [-0.05, 0) is 39.6 Å². The van der Waals surface area contributed by atoms with E-state index in [9.17, 15) is 5.11 Å². The lowest BCUT2D eigenvalue weighted by atomic mass is 10.3. The van der Waals surface area contributed by atoms with Gasteiger partial charge in [0.2, 0.25) is 0 Å². The fraction of sp³-hybridized carbons (Fsp3) is 0. The van der Waals surface area contributed by atoms with E-state index in [1.54, 1.807) is 24.3 Å². The number of rotatable bonds is 2. The molecule has 4 nitrogen and oxygen atoms in total. The highest BCUT2D eigenvalue weighted by Crippen LogP contribution is 2.33. The lowest BCUT2D eigenvalue weighted by Gasteiger charge is -2.05. The molecular formula is C10H6BrN3OS. The molecule has 2 rings (SSSR count). The average Bonchev–Trinajstić information content (AvgIpc) is 2.63. The first kappa shape index (κ1) is 10.9. The van der Waals surface area contributed by atoms with Crippen LogP contribution in [-0.2, 0) is 0 Å². The lowest BCUT2D eigenvalue weighted by Crippen LogP contribution is -1.89. The number of benzene rings is 1. The van der Waals surface area contributed by atoms with Crippen LogP contribution in [0.3, 0.4) is 0 Å². The molecule has 0 radical (unpaired) electrons. The Kier molecular flexibility index (Phi) is 3.08. The zero-order chi connectivity index (χ0) is 11.5. The van der Waals surface area contributed by atoms with Crippen molar-refractivity contribution < 1.29 is 5.11 Å². The Morgan fingerprint density at radius 3 is 2.88 bits per heavy atom. The maximum atomic E-state index is 9.57. The van der Waals surface area contributed by atoms with Crippen LogP contribution in [0.2, 0.25) is 0 Å². The molecule has 0 unspecified atom stereocenters. The van der Waals surface area contributed by atoms with Gasteiger partial charge in [0.15, 0.2) is 0 Å². The number of nitrogens with zero attached hydrogens (tertiary/aromatic N) is 2. The van der Waals surface area contributed by atoms with E-state index < -0.39 is 0 Å². The van der Waals surface area contributed by atoms with Gasteiger partial charge in [-0.15, -0.1) is 0 Å². The Morgan fingerprint density at radius 2 is 2.19 bits per heavy atom. The number of nitriles is 1. The van der Waals surface area contributed by atoms with Crippen LogP contribution in [0.15, 0.2) is 28.9 Å². The van der Waals surface area contributed by atoms with Gasteiger partial charge in [-0.1, -0.05) is 12.1 Å². The molecule has 2 N–H and O–H groups in total. The first-order valence-corrected chi connectivity index (χ1v) is 5.89. The second kappa shape index (κ2) is 4.51. The van der Waals surface area contributed by atoms with Crippen LogP contribution in [0.25, 0.3) is 0 Å². The topological polar surface area (TPSA) is 68.9 Å². The highest BCUT2D eigenvalue weighted by atomic mass is 79.9. The molecule has 0 aliphatic heterocycles. The van der Waals surface area contributed by atoms with Crippen molar-refractivity contribution in [2.45, 2.75) is 0 Å². The first-order chi connectivity index (χ1) is 7.72. The Hall–Kier alpha value is -1.58. The highest BCUT2D eigenvalue weighted by molar-refractivity contribution is 9.10. The standard InChI is InChI=1S/C10H6BrN3OS/c11-9-6(5-12)10(16-14-9)13-7-3-1-2-4-8(7)15/h1-4,13,15H. The fourth-order valence-electron chi connectivity index (χ4n) is 1.15. The molecule has 1 aromatic heterocycles. The molecule has 80 valence electrons. The number of phenols is 1. The Labute approximate surface area is 104 Å². The number of hydrogen-bond donors (Lipinski definition) is 2. The monoisotopic (exact) mass is 295 g/mol. The van der Waals surface area contributed by atoms with E-state index in [-0.39, 0.29) is 5.75 Å². The summed E-state index contributed by atoms with van der Waals surface area (Å²) in [4.78, 5) is 0. The third-order valence-corrected chi connectivity index (χ3v) is 3.49. The number of halogens is 1. The summed E-state index contributed by atoms with van der Waals surface area (Å²) < 4.78 is 4.52. The predicted octanol–water partition coefficient (Wildman–Crippen LogP) is 3.23. The minimum absolute atomic E-state index is 0.135. The molecule has 0 bridgehead atoms. The van der Waals surface area contributed by atoms with Gasteiger partial charge in [0.1, 0.15) is 27.0 Å². The minimum Gasteiger partial charge on any atom is -0.506 e. The van der Waals surface area contributed by atoms with E-state index in [4.69, 9.17) is 5.26 Å². The van der Waals surface area contributed by atoms with Crippen LogP contribution in [0, 0.1) is 11.3 Å². The summed E-state index contributed by atoms with van der Waals surface area (Å²) in [5, 5.41) is 22.1. The molecule has 0 atom stereocenters. The quantitative estimate of drug-likeness (QED) is 0.835. The van der Waals surface area contributed by atoms with Gasteiger partial charge in [-0.3, -0.25) is 0 Å². The molecule has 0 aliphatic rings. The number of aromatic nitrogens is 1. The van der Waals surface area contributed by atoms with Crippen LogP contribution in [0.4, 0.5) is 10.7 Å². The smallest absolute Gasteiger partial charge is 0.139 e. The van der Waals surface area contributed by atoms with Crippen molar-refractivity contribution >= 4 is 38.2 Å². The van der Waals surface area contributed by atoms with Crippen LogP contribution in [-0.4, -0.2) is 9.48 Å². The molecule has 0 fully saturated rings. The maximum Gasteiger partial charge on any atom is 0.139 e. The first-order valence-electron chi connectivity index (χ1n) is 4.32. The summed E-state index contributed by atoms with van der Waals surface area (Å²) in [7, 11) is 0. The summed E-state index contributed by atoms with van der Waals surface area (Å²) in [6.07, 6.45) is 0. The van der Waals surface area contributed by atoms with E-state index in [0.29, 0.717) is 20.9 Å². The Balaban J connectivity index is 2.35. The van der Waals surface area contributed by atoms with E-state index in [1.165, 1.54) is 0 Å². The molecule has 16 heavy (non-hydrogen) atoms. The van der Waals surface area contributed by atoms with E-state index >= 15 is 0 Å². The Bertz CT molecular complexity index is 561. The Morgan fingerprint density at radius 1 is 1.44 bits per heavy atom. The number of hydrogen-bond acceptors (Lipinski definition) is 5. The van der Waals surface area contributed by atoms with Gasteiger partial charge in [0.25, 0.3) is 0 Å².